The average Bonchev–Trinajstić information content (AvgIpc) is 2.99. The molecule has 0 atom stereocenters. The molecule has 0 heterocycles. The summed E-state index contributed by atoms with van der Waals surface area (Å²) in [6.07, 6.45) is 1.58. The Bertz CT molecular complexity index is 1360. The molecule has 0 saturated heterocycles. The zero-order valence-electron chi connectivity index (χ0n) is 22.8. The van der Waals surface area contributed by atoms with Crippen LogP contribution in [0.1, 0.15) is 48.1 Å². The smallest absolute Gasteiger partial charge is 0.191 e. The summed E-state index contributed by atoms with van der Waals surface area (Å²) in [5, 5.41) is 0. The Balaban J connectivity index is 1.42. The summed E-state index contributed by atoms with van der Waals surface area (Å²) in [5.74, 6) is 1.70. The van der Waals surface area contributed by atoms with Crippen molar-refractivity contribution in [1.29, 1.82) is 0 Å². The number of hydrogen-bond donors (Lipinski definition) is 0. The van der Waals surface area contributed by atoms with E-state index in [2.05, 4.69) is 72.8 Å². The van der Waals surface area contributed by atoms with Crippen LogP contribution < -0.4 is 9.47 Å². The molecule has 0 saturated carbocycles. The molecular formula is C35H36O4. The Morgan fingerprint density at radius 1 is 0.641 bits per heavy atom. The minimum Gasteiger partial charge on any atom is -0.489 e. The SMILES string of the molecule is CCOC(COc1ccc(C2=C(c3ccccc3)CCc3cc(OCc4ccccc4)ccc32)cc1)OCC. The van der Waals surface area contributed by atoms with E-state index in [1.807, 2.05) is 44.2 Å². The van der Waals surface area contributed by atoms with Gasteiger partial charge in [-0.3, -0.25) is 0 Å². The molecule has 0 N–H and O–H groups in total. The fourth-order valence-electron chi connectivity index (χ4n) is 5.05. The summed E-state index contributed by atoms with van der Waals surface area (Å²) >= 11 is 0. The van der Waals surface area contributed by atoms with Crippen LogP contribution in [-0.4, -0.2) is 26.1 Å². The normalized spacial score (nSPS) is 12.9. The van der Waals surface area contributed by atoms with Crippen molar-refractivity contribution in [3.8, 4) is 11.5 Å². The number of aryl methyl sites for hydroxylation is 1. The van der Waals surface area contributed by atoms with Gasteiger partial charge in [-0.25, -0.2) is 0 Å². The monoisotopic (exact) mass is 520 g/mol. The summed E-state index contributed by atoms with van der Waals surface area (Å²) in [5.41, 5.74) is 8.80. The number of ether oxygens (including phenoxy) is 4. The molecule has 0 spiro atoms. The lowest BCUT2D eigenvalue weighted by Crippen LogP contribution is -2.25. The quantitative estimate of drug-likeness (QED) is 0.178. The van der Waals surface area contributed by atoms with Gasteiger partial charge in [0.05, 0.1) is 0 Å². The van der Waals surface area contributed by atoms with Crippen molar-refractivity contribution >= 4 is 11.1 Å². The molecule has 200 valence electrons. The van der Waals surface area contributed by atoms with Crippen molar-refractivity contribution in [2.24, 2.45) is 0 Å². The Morgan fingerprint density at radius 3 is 2.00 bits per heavy atom. The van der Waals surface area contributed by atoms with Crippen LogP contribution in [-0.2, 0) is 22.5 Å². The van der Waals surface area contributed by atoms with Crippen LogP contribution in [0.3, 0.4) is 0 Å². The van der Waals surface area contributed by atoms with Gasteiger partial charge in [-0.2, -0.15) is 0 Å². The maximum Gasteiger partial charge on any atom is 0.191 e. The predicted molar refractivity (Wildman–Crippen MR) is 157 cm³/mol. The van der Waals surface area contributed by atoms with E-state index in [0.29, 0.717) is 26.4 Å². The largest absolute Gasteiger partial charge is 0.489 e. The number of benzene rings is 4. The fourth-order valence-corrected chi connectivity index (χ4v) is 5.05. The molecular weight excluding hydrogens is 484 g/mol. The van der Waals surface area contributed by atoms with Gasteiger partial charge in [0.2, 0.25) is 0 Å². The number of hydrogen-bond acceptors (Lipinski definition) is 4. The number of fused-ring (bicyclic) bond motifs is 1. The minimum atomic E-state index is -0.365. The van der Waals surface area contributed by atoms with E-state index >= 15 is 0 Å². The minimum absolute atomic E-state index is 0.355. The second-order valence-electron chi connectivity index (χ2n) is 9.49. The lowest BCUT2D eigenvalue weighted by atomic mass is 9.79. The van der Waals surface area contributed by atoms with Gasteiger partial charge in [0.25, 0.3) is 0 Å². The molecule has 0 radical (unpaired) electrons. The summed E-state index contributed by atoms with van der Waals surface area (Å²) < 4.78 is 23.4. The molecule has 0 bridgehead atoms. The molecule has 4 heteroatoms. The maximum absolute atomic E-state index is 6.15. The van der Waals surface area contributed by atoms with E-state index in [-0.39, 0.29) is 6.29 Å². The van der Waals surface area contributed by atoms with Gasteiger partial charge in [-0.15, -0.1) is 0 Å². The molecule has 0 aromatic heterocycles. The zero-order valence-corrected chi connectivity index (χ0v) is 22.8. The molecule has 0 unspecified atom stereocenters. The van der Waals surface area contributed by atoms with Gasteiger partial charge in [-0.1, -0.05) is 78.9 Å². The molecule has 1 aliphatic rings. The van der Waals surface area contributed by atoms with Crippen molar-refractivity contribution in [1.82, 2.24) is 0 Å². The van der Waals surface area contributed by atoms with E-state index in [9.17, 15) is 0 Å². The summed E-state index contributed by atoms with van der Waals surface area (Å²) in [7, 11) is 0. The van der Waals surface area contributed by atoms with Crippen molar-refractivity contribution < 1.29 is 18.9 Å². The van der Waals surface area contributed by atoms with Gasteiger partial charge < -0.3 is 18.9 Å². The standard InChI is InChI=1S/C35H36O4/c1-3-36-34(37-4-2)25-39-30-18-15-28(16-19-30)35-32(27-13-9-6-10-14-27)21-17-29-23-31(20-22-33(29)35)38-24-26-11-7-5-8-12-26/h5-16,18-20,22-23,34H,3-4,17,21,24-25H2,1-2H3. The van der Waals surface area contributed by atoms with Gasteiger partial charge in [0.1, 0.15) is 24.7 Å². The highest BCUT2D eigenvalue weighted by Gasteiger charge is 2.22. The maximum atomic E-state index is 6.15. The lowest BCUT2D eigenvalue weighted by molar-refractivity contribution is -0.152. The van der Waals surface area contributed by atoms with Gasteiger partial charge in [0.15, 0.2) is 6.29 Å². The summed E-state index contributed by atoms with van der Waals surface area (Å²) in [6, 6.07) is 35.9. The van der Waals surface area contributed by atoms with Crippen molar-refractivity contribution in [3.63, 3.8) is 0 Å². The number of allylic oxidation sites excluding steroid dienone is 1. The second-order valence-corrected chi connectivity index (χ2v) is 9.49. The van der Waals surface area contributed by atoms with Crippen LogP contribution in [0.25, 0.3) is 11.1 Å². The van der Waals surface area contributed by atoms with Gasteiger partial charge in [-0.05, 0) is 89.9 Å². The topological polar surface area (TPSA) is 36.9 Å². The van der Waals surface area contributed by atoms with Crippen molar-refractivity contribution in [3.05, 3.63) is 131 Å². The Kier molecular flexibility index (Phi) is 9.10. The van der Waals surface area contributed by atoms with Crippen LogP contribution >= 0.6 is 0 Å². The predicted octanol–water partition coefficient (Wildman–Crippen LogP) is 7.95. The Labute approximate surface area is 231 Å². The summed E-state index contributed by atoms with van der Waals surface area (Å²) in [4.78, 5) is 0. The third kappa shape index (κ3) is 6.78. The van der Waals surface area contributed by atoms with Crippen LogP contribution in [0.5, 0.6) is 11.5 Å². The molecule has 0 fully saturated rings. The molecule has 4 nitrogen and oxygen atoms in total. The van der Waals surface area contributed by atoms with Gasteiger partial charge in [0, 0.05) is 13.2 Å². The van der Waals surface area contributed by atoms with Gasteiger partial charge >= 0.3 is 0 Å². The zero-order chi connectivity index (χ0) is 26.9. The van der Waals surface area contributed by atoms with Crippen molar-refractivity contribution in [2.75, 3.05) is 19.8 Å². The first-order chi connectivity index (χ1) is 19.2. The molecule has 39 heavy (non-hydrogen) atoms. The first-order valence-corrected chi connectivity index (χ1v) is 13.8. The highest BCUT2D eigenvalue weighted by Crippen LogP contribution is 2.42. The first-order valence-electron chi connectivity index (χ1n) is 13.8. The molecule has 1 aliphatic carbocycles. The molecule has 5 rings (SSSR count). The molecule has 0 amide bonds. The fraction of sp³-hybridized carbons (Fsp3) is 0.257. The highest BCUT2D eigenvalue weighted by atomic mass is 16.7. The van der Waals surface area contributed by atoms with E-state index < -0.39 is 0 Å². The lowest BCUT2D eigenvalue weighted by Gasteiger charge is -2.25. The van der Waals surface area contributed by atoms with Crippen LogP contribution in [0.15, 0.2) is 103 Å². The van der Waals surface area contributed by atoms with Crippen LogP contribution in [0.4, 0.5) is 0 Å². The second kappa shape index (κ2) is 13.3. The summed E-state index contributed by atoms with van der Waals surface area (Å²) in [6.45, 7) is 6.00. The number of rotatable bonds is 12. The van der Waals surface area contributed by atoms with E-state index in [0.717, 1.165) is 24.3 Å². The van der Waals surface area contributed by atoms with E-state index in [1.165, 1.54) is 39.0 Å². The Morgan fingerprint density at radius 2 is 1.31 bits per heavy atom. The Hall–Kier alpha value is -3.86. The van der Waals surface area contributed by atoms with E-state index in [1.54, 1.807) is 0 Å². The average molecular weight is 521 g/mol. The van der Waals surface area contributed by atoms with Crippen LogP contribution in [0.2, 0.25) is 0 Å². The van der Waals surface area contributed by atoms with E-state index in [4.69, 9.17) is 18.9 Å². The third-order valence-electron chi connectivity index (χ3n) is 6.90. The van der Waals surface area contributed by atoms with Crippen LogP contribution in [0, 0.1) is 0 Å². The van der Waals surface area contributed by atoms with Crippen molar-refractivity contribution in [2.45, 2.75) is 39.6 Å². The molecule has 0 aliphatic heterocycles. The first kappa shape index (κ1) is 26.7. The highest BCUT2D eigenvalue weighted by molar-refractivity contribution is 6.00. The molecule has 4 aromatic carbocycles. The molecule has 4 aromatic rings. The third-order valence-corrected chi connectivity index (χ3v) is 6.90.